The number of allylic oxidation sites excluding steroid dienone is 3. The average molecular weight is 555 g/mol. The number of hydrogen-bond acceptors (Lipinski definition) is 5. The Morgan fingerprint density at radius 1 is 1.02 bits per heavy atom. The number of anilines is 1. The van der Waals surface area contributed by atoms with Gasteiger partial charge in [-0.15, -0.1) is 0 Å². The molecular formula is C33H38N4O4. The molecule has 1 aliphatic carbocycles. The molecule has 41 heavy (non-hydrogen) atoms. The number of likely N-dealkylation sites (tertiary alicyclic amines) is 1. The Morgan fingerprint density at radius 2 is 1.80 bits per heavy atom. The van der Waals surface area contributed by atoms with E-state index in [1.54, 1.807) is 18.2 Å². The van der Waals surface area contributed by atoms with Crippen molar-refractivity contribution in [3.05, 3.63) is 89.1 Å². The number of para-hydroxylation sites is 1. The molecule has 1 unspecified atom stereocenters. The lowest BCUT2D eigenvalue weighted by atomic mass is 9.85. The molecule has 0 saturated carbocycles. The van der Waals surface area contributed by atoms with Crippen LogP contribution in [-0.4, -0.2) is 76.0 Å². The molecule has 0 radical (unpaired) electrons. The number of hydrogen-bond donors (Lipinski definition) is 1. The van der Waals surface area contributed by atoms with Crippen LogP contribution >= 0.6 is 0 Å². The van der Waals surface area contributed by atoms with Crippen LogP contribution in [0.2, 0.25) is 0 Å². The van der Waals surface area contributed by atoms with Gasteiger partial charge in [-0.05, 0) is 81.0 Å². The lowest BCUT2D eigenvalue weighted by Gasteiger charge is -2.43. The van der Waals surface area contributed by atoms with Gasteiger partial charge < -0.3 is 24.7 Å². The Bertz CT molecular complexity index is 1390. The van der Waals surface area contributed by atoms with Crippen molar-refractivity contribution in [3.8, 4) is 0 Å². The maximum atomic E-state index is 14.1. The number of aromatic carboxylic acids is 1. The lowest BCUT2D eigenvalue weighted by Crippen LogP contribution is -2.56. The highest BCUT2D eigenvalue weighted by atomic mass is 16.4. The van der Waals surface area contributed by atoms with Crippen LogP contribution in [0.1, 0.15) is 54.9 Å². The standard InChI is InChI=1S/C33H38N4O4/c1-24-28-13-5-6-14-29(28)36(30(24)38)18-8-17-34-19-15-33(16-20-34)32(41)35(23-37(33)27-11-3-2-4-12-27)22-25-9-7-10-26(21-25)31(39)40/h2-5,7,9-13,21,24H,6,8,14-20,22-23H2,1H3,(H,39,40). The van der Waals surface area contributed by atoms with Crippen molar-refractivity contribution in [2.75, 3.05) is 37.7 Å². The number of nitrogens with zero attached hydrogens (tertiary/aromatic N) is 4. The second kappa shape index (κ2) is 11.2. The zero-order valence-corrected chi connectivity index (χ0v) is 23.7. The average Bonchev–Trinajstić information content (AvgIpc) is 3.40. The monoisotopic (exact) mass is 554 g/mol. The minimum Gasteiger partial charge on any atom is -0.478 e. The summed E-state index contributed by atoms with van der Waals surface area (Å²) < 4.78 is 0. The van der Waals surface area contributed by atoms with E-state index in [-0.39, 0.29) is 23.3 Å². The summed E-state index contributed by atoms with van der Waals surface area (Å²) in [6, 6.07) is 17.0. The van der Waals surface area contributed by atoms with Crippen LogP contribution in [0.25, 0.3) is 0 Å². The third-order valence-corrected chi connectivity index (χ3v) is 9.28. The van der Waals surface area contributed by atoms with Crippen LogP contribution in [0, 0.1) is 5.92 Å². The van der Waals surface area contributed by atoms with Crippen molar-refractivity contribution in [1.29, 1.82) is 0 Å². The van der Waals surface area contributed by atoms with Crippen molar-refractivity contribution in [1.82, 2.24) is 14.7 Å². The first-order valence-electron chi connectivity index (χ1n) is 14.7. The van der Waals surface area contributed by atoms with Gasteiger partial charge in [-0.1, -0.05) is 42.5 Å². The van der Waals surface area contributed by atoms with Crippen LogP contribution in [0.3, 0.4) is 0 Å². The Morgan fingerprint density at radius 3 is 2.56 bits per heavy atom. The fraction of sp³-hybridized carbons (Fsp3) is 0.424. The molecular weight excluding hydrogens is 516 g/mol. The van der Waals surface area contributed by atoms with Crippen LogP contribution in [0.4, 0.5) is 5.69 Å². The number of carboxylic acid groups (broad SMARTS) is 1. The molecule has 8 nitrogen and oxygen atoms in total. The van der Waals surface area contributed by atoms with Gasteiger partial charge in [-0.2, -0.15) is 0 Å². The summed E-state index contributed by atoms with van der Waals surface area (Å²) in [6.07, 6.45) is 8.62. The largest absolute Gasteiger partial charge is 0.478 e. The molecule has 6 rings (SSSR count). The van der Waals surface area contributed by atoms with E-state index in [1.807, 2.05) is 41.0 Å². The smallest absolute Gasteiger partial charge is 0.335 e. The number of amides is 2. The van der Waals surface area contributed by atoms with E-state index in [0.29, 0.717) is 13.2 Å². The van der Waals surface area contributed by atoms with Gasteiger partial charge in [0.2, 0.25) is 11.8 Å². The first-order chi connectivity index (χ1) is 19.9. The van der Waals surface area contributed by atoms with E-state index in [0.717, 1.165) is 69.5 Å². The molecule has 1 atom stereocenters. The number of carbonyl (C=O) groups is 3. The van der Waals surface area contributed by atoms with E-state index in [4.69, 9.17) is 0 Å². The second-order valence-corrected chi connectivity index (χ2v) is 11.7. The summed E-state index contributed by atoms with van der Waals surface area (Å²) in [7, 11) is 0. The summed E-state index contributed by atoms with van der Waals surface area (Å²) in [5, 5.41) is 9.42. The fourth-order valence-corrected chi connectivity index (χ4v) is 7.05. The highest BCUT2D eigenvalue weighted by molar-refractivity contribution is 5.94. The summed E-state index contributed by atoms with van der Waals surface area (Å²) in [5.41, 5.74) is 3.88. The van der Waals surface area contributed by atoms with Gasteiger partial charge in [-0.25, -0.2) is 4.79 Å². The Kier molecular flexibility index (Phi) is 7.43. The summed E-state index contributed by atoms with van der Waals surface area (Å²) in [4.78, 5) is 47.0. The molecule has 0 aromatic heterocycles. The molecule has 4 aliphatic rings. The van der Waals surface area contributed by atoms with E-state index in [2.05, 4.69) is 34.1 Å². The zero-order chi connectivity index (χ0) is 28.6. The van der Waals surface area contributed by atoms with Crippen molar-refractivity contribution >= 4 is 23.5 Å². The van der Waals surface area contributed by atoms with E-state index in [1.165, 1.54) is 11.3 Å². The minimum atomic E-state index is -0.967. The topological polar surface area (TPSA) is 84.4 Å². The normalized spacial score (nSPS) is 22.3. The molecule has 3 heterocycles. The van der Waals surface area contributed by atoms with Gasteiger partial charge >= 0.3 is 5.97 Å². The van der Waals surface area contributed by atoms with Gasteiger partial charge in [-0.3, -0.25) is 9.59 Å². The molecule has 2 fully saturated rings. The first kappa shape index (κ1) is 27.3. The van der Waals surface area contributed by atoms with Gasteiger partial charge in [0.15, 0.2) is 0 Å². The second-order valence-electron chi connectivity index (χ2n) is 11.7. The zero-order valence-electron chi connectivity index (χ0n) is 23.7. The summed E-state index contributed by atoms with van der Waals surface area (Å²) in [5.74, 6) is -0.666. The maximum absolute atomic E-state index is 14.1. The van der Waals surface area contributed by atoms with Crippen LogP contribution < -0.4 is 4.90 Å². The summed E-state index contributed by atoms with van der Waals surface area (Å²) in [6.45, 7) is 6.15. The number of carboxylic acids is 1. The minimum absolute atomic E-state index is 0.0386. The Labute approximate surface area is 241 Å². The Balaban J connectivity index is 1.12. The first-order valence-corrected chi connectivity index (χ1v) is 14.7. The Hall–Kier alpha value is -3.91. The number of benzene rings is 2. The number of piperidine rings is 1. The lowest BCUT2D eigenvalue weighted by molar-refractivity contribution is -0.134. The molecule has 2 aromatic rings. The van der Waals surface area contributed by atoms with Gasteiger partial charge in [0.05, 0.1) is 18.2 Å². The molecule has 8 heteroatoms. The molecule has 2 amide bonds. The predicted octanol–water partition coefficient (Wildman–Crippen LogP) is 4.50. The van der Waals surface area contributed by atoms with Crippen LogP contribution in [-0.2, 0) is 16.1 Å². The van der Waals surface area contributed by atoms with E-state index < -0.39 is 11.5 Å². The van der Waals surface area contributed by atoms with E-state index >= 15 is 0 Å². The van der Waals surface area contributed by atoms with Gasteiger partial charge in [0, 0.05) is 37.6 Å². The molecule has 214 valence electrons. The van der Waals surface area contributed by atoms with Gasteiger partial charge in [0.25, 0.3) is 0 Å². The van der Waals surface area contributed by atoms with Crippen LogP contribution in [0.15, 0.2) is 78.0 Å². The van der Waals surface area contributed by atoms with Gasteiger partial charge in [0.1, 0.15) is 5.54 Å². The van der Waals surface area contributed by atoms with Crippen LogP contribution in [0.5, 0.6) is 0 Å². The molecule has 2 aromatic carbocycles. The van der Waals surface area contributed by atoms with Crippen molar-refractivity contribution < 1.29 is 19.5 Å². The quantitative estimate of drug-likeness (QED) is 0.518. The molecule has 1 spiro atoms. The molecule has 2 saturated heterocycles. The predicted molar refractivity (Wildman–Crippen MR) is 157 cm³/mol. The number of rotatable bonds is 8. The third kappa shape index (κ3) is 5.05. The van der Waals surface area contributed by atoms with Crippen molar-refractivity contribution in [3.63, 3.8) is 0 Å². The SMILES string of the molecule is CC1C(=O)N(CCCN2CCC3(CC2)C(=O)N(Cc2cccc(C(=O)O)c2)CN3c2ccccc2)C2=C1C=CCC2. The van der Waals surface area contributed by atoms with Crippen molar-refractivity contribution in [2.24, 2.45) is 5.92 Å². The maximum Gasteiger partial charge on any atom is 0.335 e. The summed E-state index contributed by atoms with van der Waals surface area (Å²) >= 11 is 0. The molecule has 1 N–H and O–H groups in total. The number of carbonyl (C=O) groups excluding carboxylic acids is 2. The molecule has 3 aliphatic heterocycles. The highest BCUT2D eigenvalue weighted by Crippen LogP contribution is 2.40. The third-order valence-electron chi connectivity index (χ3n) is 9.28. The van der Waals surface area contributed by atoms with E-state index in [9.17, 15) is 19.5 Å². The fourth-order valence-electron chi connectivity index (χ4n) is 7.05. The molecule has 0 bridgehead atoms. The van der Waals surface area contributed by atoms with Crippen molar-refractivity contribution in [2.45, 2.75) is 51.1 Å². The highest BCUT2D eigenvalue weighted by Gasteiger charge is 2.53.